The van der Waals surface area contributed by atoms with Crippen molar-refractivity contribution in [2.24, 2.45) is 0 Å². The van der Waals surface area contributed by atoms with Crippen LogP contribution in [0.2, 0.25) is 10.0 Å². The third-order valence-electron chi connectivity index (χ3n) is 2.73. The minimum Gasteiger partial charge on any atom is -0.508 e. The van der Waals surface area contributed by atoms with Crippen molar-refractivity contribution in [3.8, 4) is 5.75 Å². The summed E-state index contributed by atoms with van der Waals surface area (Å²) < 4.78 is 0. The topological polar surface area (TPSA) is 57.5 Å². The molecule has 19 heavy (non-hydrogen) atoms. The van der Waals surface area contributed by atoms with Crippen LogP contribution in [-0.4, -0.2) is 16.2 Å². The predicted molar refractivity (Wildman–Crippen MR) is 74.3 cm³/mol. The molecule has 3 nitrogen and oxygen atoms in total. The van der Waals surface area contributed by atoms with Crippen LogP contribution < -0.4 is 0 Å². The second-order valence-electron chi connectivity index (χ2n) is 4.01. The Morgan fingerprint density at radius 1 is 1.16 bits per heavy atom. The minimum absolute atomic E-state index is 0.0265. The standard InChI is InChI=1S/C14H10Cl2O3/c15-10-7-11(17)9(13(16)12(10)14(18)19)6-8-4-2-1-3-5-8/h1-5,7,17H,6H2,(H,18,19). The first kappa shape index (κ1) is 13.7. The molecule has 0 aromatic heterocycles. The van der Waals surface area contributed by atoms with E-state index in [2.05, 4.69) is 0 Å². The van der Waals surface area contributed by atoms with E-state index in [9.17, 15) is 9.90 Å². The molecule has 0 heterocycles. The number of hydrogen-bond donors (Lipinski definition) is 2. The first-order chi connectivity index (χ1) is 9.00. The highest BCUT2D eigenvalue weighted by atomic mass is 35.5. The lowest BCUT2D eigenvalue weighted by Crippen LogP contribution is -2.02. The number of phenols is 1. The zero-order valence-electron chi connectivity index (χ0n) is 9.73. The van der Waals surface area contributed by atoms with Crippen LogP contribution in [0.1, 0.15) is 21.5 Å². The molecule has 0 amide bonds. The third kappa shape index (κ3) is 2.83. The molecular formula is C14H10Cl2O3. The maximum Gasteiger partial charge on any atom is 0.338 e. The van der Waals surface area contributed by atoms with Crippen LogP contribution in [0.25, 0.3) is 0 Å². The summed E-state index contributed by atoms with van der Waals surface area (Å²) in [5, 5.41) is 18.9. The Labute approximate surface area is 120 Å². The van der Waals surface area contributed by atoms with Crippen LogP contribution in [0.5, 0.6) is 5.75 Å². The fourth-order valence-electron chi connectivity index (χ4n) is 1.81. The molecule has 2 aromatic rings. The highest BCUT2D eigenvalue weighted by molar-refractivity contribution is 6.40. The number of carboxylic acid groups (broad SMARTS) is 1. The van der Waals surface area contributed by atoms with Gasteiger partial charge in [-0.2, -0.15) is 0 Å². The van der Waals surface area contributed by atoms with E-state index in [4.69, 9.17) is 28.3 Å². The maximum absolute atomic E-state index is 11.1. The van der Waals surface area contributed by atoms with Gasteiger partial charge in [0.25, 0.3) is 0 Å². The lowest BCUT2D eigenvalue weighted by Gasteiger charge is -2.11. The Morgan fingerprint density at radius 3 is 2.37 bits per heavy atom. The molecule has 0 unspecified atom stereocenters. The molecule has 0 aliphatic rings. The molecule has 98 valence electrons. The fourth-order valence-corrected chi connectivity index (χ4v) is 2.48. The van der Waals surface area contributed by atoms with Gasteiger partial charge in [0.1, 0.15) is 5.75 Å². The molecular weight excluding hydrogens is 287 g/mol. The Bertz CT molecular complexity index is 624. The summed E-state index contributed by atoms with van der Waals surface area (Å²) in [5.41, 5.74) is 1.08. The van der Waals surface area contributed by atoms with Gasteiger partial charge in [-0.05, 0) is 11.6 Å². The molecule has 2 N–H and O–H groups in total. The summed E-state index contributed by atoms with van der Waals surface area (Å²) in [6.45, 7) is 0. The second-order valence-corrected chi connectivity index (χ2v) is 4.80. The Hall–Kier alpha value is -1.71. The Kier molecular flexibility index (Phi) is 3.98. The van der Waals surface area contributed by atoms with E-state index in [0.29, 0.717) is 12.0 Å². The van der Waals surface area contributed by atoms with Gasteiger partial charge in [0.15, 0.2) is 0 Å². The molecule has 0 spiro atoms. The highest BCUT2D eigenvalue weighted by Gasteiger charge is 2.20. The average Bonchev–Trinajstić information content (AvgIpc) is 2.35. The van der Waals surface area contributed by atoms with E-state index in [1.54, 1.807) is 0 Å². The number of carboxylic acids is 1. The van der Waals surface area contributed by atoms with Gasteiger partial charge < -0.3 is 10.2 Å². The molecule has 2 aromatic carbocycles. The lowest BCUT2D eigenvalue weighted by molar-refractivity contribution is 0.0697. The predicted octanol–water partition coefficient (Wildman–Crippen LogP) is 3.99. The summed E-state index contributed by atoms with van der Waals surface area (Å²) in [4.78, 5) is 11.1. The van der Waals surface area contributed by atoms with E-state index < -0.39 is 5.97 Å². The number of aromatic hydroxyl groups is 1. The first-order valence-electron chi connectivity index (χ1n) is 5.47. The van der Waals surface area contributed by atoms with Gasteiger partial charge in [-0.1, -0.05) is 53.5 Å². The zero-order valence-corrected chi connectivity index (χ0v) is 11.2. The van der Waals surface area contributed by atoms with Crippen LogP contribution in [0.4, 0.5) is 0 Å². The largest absolute Gasteiger partial charge is 0.508 e. The van der Waals surface area contributed by atoms with Crippen molar-refractivity contribution in [2.75, 3.05) is 0 Å². The minimum atomic E-state index is -1.22. The van der Waals surface area contributed by atoms with Crippen LogP contribution >= 0.6 is 23.2 Å². The third-order valence-corrected chi connectivity index (χ3v) is 3.45. The highest BCUT2D eigenvalue weighted by Crippen LogP contribution is 2.36. The Balaban J connectivity index is 2.52. The molecule has 0 atom stereocenters. The van der Waals surface area contributed by atoms with Gasteiger partial charge in [-0.15, -0.1) is 0 Å². The van der Waals surface area contributed by atoms with Gasteiger partial charge in [-0.3, -0.25) is 0 Å². The van der Waals surface area contributed by atoms with E-state index in [0.717, 1.165) is 5.56 Å². The number of halogens is 2. The summed E-state index contributed by atoms with van der Waals surface area (Å²) in [7, 11) is 0. The summed E-state index contributed by atoms with van der Waals surface area (Å²) >= 11 is 11.8. The van der Waals surface area contributed by atoms with Crippen molar-refractivity contribution >= 4 is 29.2 Å². The molecule has 0 radical (unpaired) electrons. The molecule has 0 saturated heterocycles. The molecule has 0 fully saturated rings. The van der Waals surface area contributed by atoms with Crippen molar-refractivity contribution in [1.82, 2.24) is 0 Å². The smallest absolute Gasteiger partial charge is 0.338 e. The summed E-state index contributed by atoms with van der Waals surface area (Å²) in [6.07, 6.45) is 0.336. The molecule has 0 saturated carbocycles. The Morgan fingerprint density at radius 2 is 1.79 bits per heavy atom. The lowest BCUT2D eigenvalue weighted by atomic mass is 10.0. The van der Waals surface area contributed by atoms with Gasteiger partial charge in [0.2, 0.25) is 0 Å². The van der Waals surface area contributed by atoms with Crippen molar-refractivity contribution in [1.29, 1.82) is 0 Å². The number of benzene rings is 2. The average molecular weight is 297 g/mol. The summed E-state index contributed by atoms with van der Waals surface area (Å²) in [6, 6.07) is 10.5. The van der Waals surface area contributed by atoms with E-state index >= 15 is 0 Å². The molecule has 5 heteroatoms. The zero-order chi connectivity index (χ0) is 14.0. The van der Waals surface area contributed by atoms with Gasteiger partial charge in [-0.25, -0.2) is 4.79 Å². The van der Waals surface area contributed by atoms with E-state index in [1.807, 2.05) is 30.3 Å². The molecule has 0 aliphatic carbocycles. The number of aromatic carboxylic acids is 1. The summed E-state index contributed by atoms with van der Waals surface area (Å²) in [5.74, 6) is -1.33. The quantitative estimate of drug-likeness (QED) is 0.900. The maximum atomic E-state index is 11.1. The number of phenolic OH excluding ortho intramolecular Hbond substituents is 1. The first-order valence-corrected chi connectivity index (χ1v) is 6.23. The number of carbonyl (C=O) groups is 1. The molecule has 0 aliphatic heterocycles. The van der Waals surface area contributed by atoms with Gasteiger partial charge >= 0.3 is 5.97 Å². The second kappa shape index (κ2) is 5.51. The number of hydrogen-bond acceptors (Lipinski definition) is 2. The fraction of sp³-hybridized carbons (Fsp3) is 0.0714. The van der Waals surface area contributed by atoms with Gasteiger partial charge in [0.05, 0.1) is 15.6 Å². The van der Waals surface area contributed by atoms with E-state index in [1.165, 1.54) is 6.07 Å². The van der Waals surface area contributed by atoms with E-state index in [-0.39, 0.29) is 21.4 Å². The molecule has 0 bridgehead atoms. The van der Waals surface area contributed by atoms with Crippen LogP contribution in [-0.2, 0) is 6.42 Å². The van der Waals surface area contributed by atoms with Crippen molar-refractivity contribution in [2.45, 2.75) is 6.42 Å². The number of rotatable bonds is 3. The van der Waals surface area contributed by atoms with Gasteiger partial charge in [0, 0.05) is 12.0 Å². The van der Waals surface area contributed by atoms with Crippen LogP contribution in [0.3, 0.4) is 0 Å². The SMILES string of the molecule is O=C(O)c1c(Cl)cc(O)c(Cc2ccccc2)c1Cl. The monoisotopic (exact) mass is 296 g/mol. The van der Waals surface area contributed by atoms with Crippen molar-refractivity contribution in [3.63, 3.8) is 0 Å². The normalized spacial score (nSPS) is 10.4. The van der Waals surface area contributed by atoms with Crippen molar-refractivity contribution < 1.29 is 15.0 Å². The van der Waals surface area contributed by atoms with Crippen LogP contribution in [0.15, 0.2) is 36.4 Å². The van der Waals surface area contributed by atoms with Crippen LogP contribution in [0, 0.1) is 0 Å². The molecule has 2 rings (SSSR count). The van der Waals surface area contributed by atoms with Crippen molar-refractivity contribution in [3.05, 3.63) is 63.1 Å².